The molecule has 1 aromatic heterocycles. The van der Waals surface area contributed by atoms with E-state index in [1.165, 1.54) is 23.5 Å². The van der Waals surface area contributed by atoms with Crippen molar-refractivity contribution in [1.82, 2.24) is 14.8 Å². The van der Waals surface area contributed by atoms with Gasteiger partial charge in [0.25, 0.3) is 0 Å². The number of aromatic nitrogens is 1. The minimum absolute atomic E-state index is 0.0959. The SMILES string of the molecule is CCC(=O)N(CC1(N2CCN(CCC(C)C)CC2)CC1)c1cccc(C(F)(F)F)n1. The number of carbonyl (C=O) groups excluding carboxylic acids is 1. The predicted molar refractivity (Wildman–Crippen MR) is 111 cm³/mol. The van der Waals surface area contributed by atoms with Crippen LogP contribution < -0.4 is 4.90 Å². The van der Waals surface area contributed by atoms with Crippen LogP contribution in [0.3, 0.4) is 0 Å². The summed E-state index contributed by atoms with van der Waals surface area (Å²) in [4.78, 5) is 22.8. The Hall–Kier alpha value is -1.67. The number of amides is 1. The maximum absolute atomic E-state index is 13.1. The van der Waals surface area contributed by atoms with Gasteiger partial charge in [0.1, 0.15) is 11.5 Å². The zero-order valence-corrected chi connectivity index (χ0v) is 18.2. The van der Waals surface area contributed by atoms with E-state index in [4.69, 9.17) is 0 Å². The summed E-state index contributed by atoms with van der Waals surface area (Å²) in [6.07, 6.45) is -1.18. The van der Waals surface area contributed by atoms with Gasteiger partial charge in [-0.1, -0.05) is 26.8 Å². The molecule has 0 N–H and O–H groups in total. The van der Waals surface area contributed by atoms with Gasteiger partial charge in [-0.25, -0.2) is 4.98 Å². The highest BCUT2D eigenvalue weighted by Gasteiger charge is 2.50. The summed E-state index contributed by atoms with van der Waals surface area (Å²) >= 11 is 0. The Morgan fingerprint density at radius 3 is 2.40 bits per heavy atom. The number of halogens is 3. The molecule has 2 heterocycles. The number of nitrogens with zero attached hydrogens (tertiary/aromatic N) is 4. The lowest BCUT2D eigenvalue weighted by molar-refractivity contribution is -0.141. The van der Waals surface area contributed by atoms with Gasteiger partial charge in [-0.3, -0.25) is 14.6 Å². The zero-order chi connectivity index (χ0) is 21.9. The minimum atomic E-state index is -4.53. The average Bonchev–Trinajstić information content (AvgIpc) is 3.50. The van der Waals surface area contributed by atoms with Gasteiger partial charge in [0.2, 0.25) is 5.91 Å². The third-order valence-electron chi connectivity index (χ3n) is 6.25. The summed E-state index contributed by atoms with van der Waals surface area (Å²) in [6.45, 7) is 11.6. The molecule has 1 amide bonds. The maximum Gasteiger partial charge on any atom is 0.433 e. The largest absolute Gasteiger partial charge is 0.433 e. The first-order valence-corrected chi connectivity index (χ1v) is 11.0. The van der Waals surface area contributed by atoms with E-state index in [9.17, 15) is 18.0 Å². The van der Waals surface area contributed by atoms with Crippen LogP contribution >= 0.6 is 0 Å². The first kappa shape index (κ1) is 23.0. The number of hydrogen-bond donors (Lipinski definition) is 0. The highest BCUT2D eigenvalue weighted by Crippen LogP contribution is 2.43. The van der Waals surface area contributed by atoms with Gasteiger partial charge in [0.05, 0.1) is 0 Å². The Balaban J connectivity index is 1.70. The summed E-state index contributed by atoms with van der Waals surface area (Å²) < 4.78 is 39.4. The summed E-state index contributed by atoms with van der Waals surface area (Å²) in [5.41, 5.74) is -1.09. The van der Waals surface area contributed by atoms with Gasteiger partial charge in [-0.05, 0) is 43.9 Å². The number of carbonyl (C=O) groups is 1. The van der Waals surface area contributed by atoms with Crippen LogP contribution in [0.2, 0.25) is 0 Å². The molecule has 3 rings (SSSR count). The van der Waals surface area contributed by atoms with Crippen LogP contribution in [0.25, 0.3) is 0 Å². The van der Waals surface area contributed by atoms with E-state index < -0.39 is 11.9 Å². The molecule has 0 aromatic carbocycles. The van der Waals surface area contributed by atoms with Crippen molar-refractivity contribution in [3.8, 4) is 0 Å². The average molecular weight is 427 g/mol. The van der Waals surface area contributed by atoms with Gasteiger partial charge in [-0.2, -0.15) is 13.2 Å². The van der Waals surface area contributed by atoms with E-state index in [1.54, 1.807) is 6.92 Å². The fourth-order valence-electron chi connectivity index (χ4n) is 4.12. The Bertz CT molecular complexity index is 725. The molecule has 1 aliphatic heterocycles. The second-order valence-electron chi connectivity index (χ2n) is 8.95. The highest BCUT2D eigenvalue weighted by molar-refractivity contribution is 5.92. The smallest absolute Gasteiger partial charge is 0.301 e. The Labute approximate surface area is 177 Å². The molecule has 5 nitrogen and oxygen atoms in total. The third kappa shape index (κ3) is 5.52. The zero-order valence-electron chi connectivity index (χ0n) is 18.2. The first-order chi connectivity index (χ1) is 14.1. The third-order valence-corrected chi connectivity index (χ3v) is 6.25. The van der Waals surface area contributed by atoms with Gasteiger partial charge in [-0.15, -0.1) is 0 Å². The molecule has 2 aliphatic rings. The minimum Gasteiger partial charge on any atom is -0.301 e. The summed E-state index contributed by atoms with van der Waals surface area (Å²) in [6, 6.07) is 3.78. The van der Waals surface area contributed by atoms with Crippen molar-refractivity contribution in [2.45, 2.75) is 58.2 Å². The van der Waals surface area contributed by atoms with Crippen molar-refractivity contribution in [2.24, 2.45) is 5.92 Å². The lowest BCUT2D eigenvalue weighted by Gasteiger charge is -2.41. The van der Waals surface area contributed by atoms with Crippen LogP contribution in [0.1, 0.15) is 52.1 Å². The molecule has 1 aromatic rings. The molecule has 2 fully saturated rings. The molecule has 0 bridgehead atoms. The molecule has 1 saturated carbocycles. The molecule has 8 heteroatoms. The topological polar surface area (TPSA) is 39.7 Å². The van der Waals surface area contributed by atoms with Crippen LogP contribution in [0.5, 0.6) is 0 Å². The molecule has 168 valence electrons. The number of piperazine rings is 1. The second kappa shape index (κ2) is 9.22. The van der Waals surface area contributed by atoms with Crippen LogP contribution in [0.15, 0.2) is 18.2 Å². The Morgan fingerprint density at radius 1 is 1.20 bits per heavy atom. The monoisotopic (exact) mass is 426 g/mol. The lowest BCUT2D eigenvalue weighted by Crippen LogP contribution is -2.55. The number of rotatable bonds is 8. The summed E-state index contributed by atoms with van der Waals surface area (Å²) in [5.74, 6) is 0.591. The van der Waals surface area contributed by atoms with Crippen molar-refractivity contribution in [3.63, 3.8) is 0 Å². The van der Waals surface area contributed by atoms with Crippen LogP contribution in [-0.2, 0) is 11.0 Å². The quantitative estimate of drug-likeness (QED) is 0.629. The Kier molecular flexibility index (Phi) is 7.07. The van der Waals surface area contributed by atoms with Gasteiger partial charge in [0, 0.05) is 44.7 Å². The van der Waals surface area contributed by atoms with E-state index in [0.717, 1.165) is 51.6 Å². The van der Waals surface area contributed by atoms with E-state index in [0.29, 0.717) is 12.5 Å². The van der Waals surface area contributed by atoms with E-state index >= 15 is 0 Å². The van der Waals surface area contributed by atoms with Crippen molar-refractivity contribution in [3.05, 3.63) is 23.9 Å². The fraction of sp³-hybridized carbons (Fsp3) is 0.727. The van der Waals surface area contributed by atoms with E-state index in [1.807, 2.05) is 0 Å². The number of anilines is 1. The normalized spacial score (nSPS) is 19.8. The number of alkyl halides is 3. The summed E-state index contributed by atoms with van der Waals surface area (Å²) in [7, 11) is 0. The van der Waals surface area contributed by atoms with Crippen LogP contribution in [-0.4, -0.2) is 65.5 Å². The van der Waals surface area contributed by atoms with Crippen LogP contribution in [0.4, 0.5) is 19.0 Å². The van der Waals surface area contributed by atoms with E-state index in [-0.39, 0.29) is 23.7 Å². The maximum atomic E-state index is 13.1. The second-order valence-corrected chi connectivity index (χ2v) is 8.95. The highest BCUT2D eigenvalue weighted by atomic mass is 19.4. The van der Waals surface area contributed by atoms with Crippen molar-refractivity contribution in [1.29, 1.82) is 0 Å². The van der Waals surface area contributed by atoms with E-state index in [2.05, 4.69) is 28.6 Å². The molecule has 0 atom stereocenters. The van der Waals surface area contributed by atoms with Gasteiger partial charge >= 0.3 is 6.18 Å². The van der Waals surface area contributed by atoms with Crippen LogP contribution in [0, 0.1) is 5.92 Å². The first-order valence-electron chi connectivity index (χ1n) is 11.0. The predicted octanol–water partition coefficient (Wildman–Crippen LogP) is 4.04. The molecular weight excluding hydrogens is 393 g/mol. The molecule has 0 spiro atoms. The number of pyridine rings is 1. The van der Waals surface area contributed by atoms with Crippen molar-refractivity contribution < 1.29 is 18.0 Å². The Morgan fingerprint density at radius 2 is 1.87 bits per heavy atom. The summed E-state index contributed by atoms with van der Waals surface area (Å²) in [5, 5.41) is 0. The van der Waals surface area contributed by atoms with Gasteiger partial charge < -0.3 is 4.90 Å². The molecule has 0 radical (unpaired) electrons. The van der Waals surface area contributed by atoms with Crippen molar-refractivity contribution >= 4 is 11.7 Å². The standard InChI is InChI=1S/C22H33F3N4O/c1-4-20(30)29(19-7-5-6-18(26-19)22(23,24)25)16-21(9-10-21)28-14-12-27(13-15-28)11-8-17(2)3/h5-7,17H,4,8-16H2,1-3H3. The molecular formula is C22H33F3N4O. The van der Waals surface area contributed by atoms with Crippen molar-refractivity contribution in [2.75, 3.05) is 44.2 Å². The lowest BCUT2D eigenvalue weighted by atomic mass is 10.1. The molecule has 1 aliphatic carbocycles. The molecule has 0 unspecified atom stereocenters. The fourth-order valence-corrected chi connectivity index (χ4v) is 4.12. The molecule has 1 saturated heterocycles. The number of hydrogen-bond acceptors (Lipinski definition) is 4. The molecule has 30 heavy (non-hydrogen) atoms. The van der Waals surface area contributed by atoms with Gasteiger partial charge in [0.15, 0.2) is 0 Å².